The van der Waals surface area contributed by atoms with Gasteiger partial charge in [-0.3, -0.25) is 9.78 Å². The smallest absolute Gasteiger partial charge is 0.227 e. The first-order valence-electron chi connectivity index (χ1n) is 6.13. The highest BCUT2D eigenvalue weighted by Gasteiger charge is 2.05. The molecule has 0 spiro atoms. The summed E-state index contributed by atoms with van der Waals surface area (Å²) in [6.45, 7) is 0.219. The first-order chi connectivity index (χ1) is 10.0. The molecule has 0 atom stereocenters. The van der Waals surface area contributed by atoms with Crippen LogP contribution in [0.5, 0.6) is 5.75 Å². The van der Waals surface area contributed by atoms with E-state index in [2.05, 4.69) is 10.3 Å². The summed E-state index contributed by atoms with van der Waals surface area (Å²) in [6.07, 6.45) is 3.23. The Morgan fingerprint density at radius 1 is 1.29 bits per heavy atom. The van der Waals surface area contributed by atoms with Crippen molar-refractivity contribution in [3.63, 3.8) is 0 Å². The monoisotopic (exact) mass is 325 g/mol. The summed E-state index contributed by atoms with van der Waals surface area (Å²) in [5.41, 5.74) is 6.66. The van der Waals surface area contributed by atoms with Gasteiger partial charge in [0.2, 0.25) is 5.91 Å². The van der Waals surface area contributed by atoms with E-state index in [1.807, 2.05) is 0 Å². The lowest BCUT2D eigenvalue weighted by Crippen LogP contribution is -2.15. The number of rotatable bonds is 5. The molecule has 1 aromatic heterocycles. The summed E-state index contributed by atoms with van der Waals surface area (Å²) in [7, 11) is 0. The third-order valence-electron chi connectivity index (χ3n) is 2.56. The molecule has 0 radical (unpaired) electrons. The molecule has 2 rings (SSSR count). The van der Waals surface area contributed by atoms with Crippen LogP contribution in [-0.2, 0) is 4.79 Å². The van der Waals surface area contributed by atoms with E-state index in [9.17, 15) is 4.79 Å². The Bertz CT molecular complexity index is 650. The normalized spacial score (nSPS) is 10.2. The van der Waals surface area contributed by atoms with Crippen molar-refractivity contribution in [3.05, 3.63) is 46.7 Å². The molecule has 3 N–H and O–H groups in total. The minimum Gasteiger partial charge on any atom is -0.491 e. The molecule has 0 aliphatic carbocycles. The van der Waals surface area contributed by atoms with Crippen molar-refractivity contribution in [1.82, 2.24) is 4.98 Å². The molecule has 0 aliphatic heterocycles. The van der Waals surface area contributed by atoms with Crippen LogP contribution >= 0.6 is 23.2 Å². The maximum Gasteiger partial charge on any atom is 0.227 e. The van der Waals surface area contributed by atoms with Crippen molar-refractivity contribution >= 4 is 40.5 Å². The van der Waals surface area contributed by atoms with E-state index in [0.717, 1.165) is 0 Å². The summed E-state index contributed by atoms with van der Waals surface area (Å²) in [5, 5.41) is 3.64. The lowest BCUT2D eigenvalue weighted by molar-refractivity contribution is -0.116. The SMILES string of the molecule is Nc1cc(NC(=O)CCOc2cncc(Cl)c2)ccc1Cl. The number of nitrogens with two attached hydrogens (primary N) is 1. The zero-order valence-electron chi connectivity index (χ0n) is 11.0. The van der Waals surface area contributed by atoms with Crippen molar-refractivity contribution in [2.24, 2.45) is 0 Å². The number of aromatic nitrogens is 1. The fraction of sp³-hybridized carbons (Fsp3) is 0.143. The van der Waals surface area contributed by atoms with Crippen molar-refractivity contribution in [1.29, 1.82) is 0 Å². The highest BCUT2D eigenvalue weighted by molar-refractivity contribution is 6.33. The number of halogens is 2. The molecule has 1 amide bonds. The third kappa shape index (κ3) is 4.81. The first-order valence-corrected chi connectivity index (χ1v) is 6.88. The summed E-state index contributed by atoms with van der Waals surface area (Å²) >= 11 is 11.6. The molecule has 7 heteroatoms. The van der Waals surface area contributed by atoms with Gasteiger partial charge in [-0.2, -0.15) is 0 Å². The Balaban J connectivity index is 1.81. The van der Waals surface area contributed by atoms with E-state index < -0.39 is 0 Å². The van der Waals surface area contributed by atoms with Gasteiger partial charge >= 0.3 is 0 Å². The van der Waals surface area contributed by atoms with Crippen LogP contribution in [-0.4, -0.2) is 17.5 Å². The van der Waals surface area contributed by atoms with Gasteiger partial charge in [0, 0.05) is 18.0 Å². The van der Waals surface area contributed by atoms with E-state index in [-0.39, 0.29) is 18.9 Å². The van der Waals surface area contributed by atoms with Crippen molar-refractivity contribution in [2.45, 2.75) is 6.42 Å². The third-order valence-corrected chi connectivity index (χ3v) is 3.11. The zero-order chi connectivity index (χ0) is 15.2. The molecule has 1 heterocycles. The van der Waals surface area contributed by atoms with Gasteiger partial charge in [0.05, 0.1) is 35.0 Å². The van der Waals surface area contributed by atoms with Crippen molar-refractivity contribution in [2.75, 3.05) is 17.7 Å². The number of pyridine rings is 1. The molecule has 0 fully saturated rings. The number of hydrogen-bond donors (Lipinski definition) is 2. The zero-order valence-corrected chi connectivity index (χ0v) is 12.5. The number of carbonyl (C=O) groups is 1. The largest absolute Gasteiger partial charge is 0.491 e. The quantitative estimate of drug-likeness (QED) is 0.826. The molecule has 0 aliphatic rings. The molecule has 0 saturated heterocycles. The van der Waals surface area contributed by atoms with Crippen molar-refractivity contribution in [3.8, 4) is 5.75 Å². The van der Waals surface area contributed by atoms with Crippen LogP contribution in [0, 0.1) is 0 Å². The van der Waals surface area contributed by atoms with Crippen LogP contribution in [0.2, 0.25) is 10.0 Å². The average molecular weight is 326 g/mol. The van der Waals surface area contributed by atoms with Crippen LogP contribution in [0.1, 0.15) is 6.42 Å². The molecule has 21 heavy (non-hydrogen) atoms. The number of nitrogen functional groups attached to an aromatic ring is 1. The Hall–Kier alpha value is -1.98. The Labute approximate surface area is 132 Å². The Morgan fingerprint density at radius 2 is 2.10 bits per heavy atom. The lowest BCUT2D eigenvalue weighted by Gasteiger charge is -2.08. The Morgan fingerprint density at radius 3 is 2.81 bits per heavy atom. The molecular weight excluding hydrogens is 313 g/mol. The van der Waals surface area contributed by atoms with Crippen molar-refractivity contribution < 1.29 is 9.53 Å². The summed E-state index contributed by atoms with van der Waals surface area (Å²) in [6, 6.07) is 6.54. The minimum absolute atomic E-state index is 0.188. The van der Waals surface area contributed by atoms with E-state index in [1.165, 1.54) is 12.4 Å². The highest BCUT2D eigenvalue weighted by atomic mass is 35.5. The topological polar surface area (TPSA) is 77.2 Å². The van der Waals surface area contributed by atoms with Gasteiger partial charge in [0.25, 0.3) is 0 Å². The van der Waals surface area contributed by atoms with Gasteiger partial charge in [0.1, 0.15) is 5.75 Å². The molecule has 2 aromatic rings. The van der Waals surface area contributed by atoms with E-state index >= 15 is 0 Å². The Kier molecular flexibility index (Phi) is 5.25. The average Bonchev–Trinajstić information content (AvgIpc) is 2.43. The standard InChI is InChI=1S/C14H13Cl2N3O2/c15-9-5-11(8-18-7-9)21-4-3-14(20)19-10-1-2-12(16)13(17)6-10/h1-2,5-8H,3-4,17H2,(H,19,20). The summed E-state index contributed by atoms with van der Waals surface area (Å²) in [4.78, 5) is 15.6. The number of amides is 1. The van der Waals surface area contributed by atoms with Gasteiger partial charge < -0.3 is 15.8 Å². The second-order valence-electron chi connectivity index (χ2n) is 4.22. The number of hydrogen-bond acceptors (Lipinski definition) is 4. The fourth-order valence-electron chi connectivity index (χ4n) is 1.58. The number of nitrogens with one attached hydrogen (secondary N) is 1. The van der Waals surface area contributed by atoms with Gasteiger partial charge in [-0.25, -0.2) is 0 Å². The van der Waals surface area contributed by atoms with E-state index in [1.54, 1.807) is 24.3 Å². The number of carbonyl (C=O) groups excluding carboxylic acids is 1. The van der Waals surface area contributed by atoms with Gasteiger partial charge in [-0.1, -0.05) is 23.2 Å². The predicted octanol–water partition coefficient (Wildman–Crippen LogP) is 3.38. The van der Waals surface area contributed by atoms with Gasteiger partial charge in [0.15, 0.2) is 0 Å². The number of ether oxygens (including phenoxy) is 1. The molecule has 5 nitrogen and oxygen atoms in total. The van der Waals surface area contributed by atoms with Crippen LogP contribution in [0.3, 0.4) is 0 Å². The highest BCUT2D eigenvalue weighted by Crippen LogP contribution is 2.22. The van der Waals surface area contributed by atoms with E-state index in [0.29, 0.717) is 27.2 Å². The first kappa shape index (κ1) is 15.4. The molecular formula is C14H13Cl2N3O2. The number of nitrogens with zero attached hydrogens (tertiary/aromatic N) is 1. The second kappa shape index (κ2) is 7.15. The van der Waals surface area contributed by atoms with Gasteiger partial charge in [-0.05, 0) is 18.2 Å². The van der Waals surface area contributed by atoms with Crippen LogP contribution < -0.4 is 15.8 Å². The summed E-state index contributed by atoms with van der Waals surface area (Å²) in [5.74, 6) is 0.331. The van der Waals surface area contributed by atoms with E-state index in [4.69, 9.17) is 33.7 Å². The molecule has 1 aromatic carbocycles. The molecule has 0 bridgehead atoms. The molecule has 110 valence electrons. The fourth-order valence-corrected chi connectivity index (χ4v) is 1.86. The maximum absolute atomic E-state index is 11.8. The number of anilines is 2. The van der Waals surface area contributed by atoms with Crippen LogP contribution in [0.4, 0.5) is 11.4 Å². The second-order valence-corrected chi connectivity index (χ2v) is 5.07. The molecule has 0 saturated carbocycles. The number of benzene rings is 1. The summed E-state index contributed by atoms with van der Waals surface area (Å²) < 4.78 is 5.38. The van der Waals surface area contributed by atoms with Crippen LogP contribution in [0.15, 0.2) is 36.7 Å². The minimum atomic E-state index is -0.188. The molecule has 0 unspecified atom stereocenters. The maximum atomic E-state index is 11.8. The lowest BCUT2D eigenvalue weighted by atomic mass is 10.2. The van der Waals surface area contributed by atoms with Gasteiger partial charge in [-0.15, -0.1) is 0 Å². The predicted molar refractivity (Wildman–Crippen MR) is 83.9 cm³/mol. The van der Waals surface area contributed by atoms with Crippen LogP contribution in [0.25, 0.3) is 0 Å².